The molecule has 24 heavy (non-hydrogen) atoms. The summed E-state index contributed by atoms with van der Waals surface area (Å²) in [7, 11) is -3.49. The first-order chi connectivity index (χ1) is 11.4. The molecule has 1 aromatic heterocycles. The third kappa shape index (κ3) is 4.32. The van der Waals surface area contributed by atoms with E-state index >= 15 is 0 Å². The van der Waals surface area contributed by atoms with E-state index < -0.39 is 16.3 Å². The summed E-state index contributed by atoms with van der Waals surface area (Å²) in [5, 5.41) is 2.68. The molecule has 1 aliphatic rings. The maximum absolute atomic E-state index is 12.6. The molecule has 2 heterocycles. The molecule has 1 atom stereocenters. The van der Waals surface area contributed by atoms with E-state index in [1.54, 1.807) is 6.20 Å². The second-order valence-electron chi connectivity index (χ2n) is 5.51. The van der Waals surface area contributed by atoms with Crippen molar-refractivity contribution in [3.05, 3.63) is 17.7 Å². The van der Waals surface area contributed by atoms with E-state index in [-0.39, 0.29) is 12.5 Å². The van der Waals surface area contributed by atoms with Crippen molar-refractivity contribution in [3.8, 4) is 0 Å². The molecule has 0 saturated carbocycles. The van der Waals surface area contributed by atoms with Gasteiger partial charge < -0.3 is 15.0 Å². The fourth-order valence-corrected chi connectivity index (χ4v) is 4.17. The van der Waals surface area contributed by atoms with Gasteiger partial charge in [0.1, 0.15) is 11.9 Å². The summed E-state index contributed by atoms with van der Waals surface area (Å²) >= 11 is 0. The number of hydrogen-bond donors (Lipinski definition) is 2. The summed E-state index contributed by atoms with van der Waals surface area (Å²) in [6.45, 7) is 7.14. The highest BCUT2D eigenvalue weighted by atomic mass is 32.2. The Morgan fingerprint density at radius 2 is 2.21 bits per heavy atom. The highest BCUT2D eigenvalue weighted by molar-refractivity contribution is 7.86. The van der Waals surface area contributed by atoms with Gasteiger partial charge in [0.05, 0.1) is 25.0 Å². The van der Waals surface area contributed by atoms with Crippen molar-refractivity contribution < 1.29 is 17.9 Å². The minimum Gasteiger partial charge on any atom is -0.368 e. The molecule has 9 nitrogen and oxygen atoms in total. The Morgan fingerprint density at radius 3 is 2.83 bits per heavy atom. The topological polar surface area (TPSA) is 108 Å². The number of amides is 1. The molecule has 1 aliphatic heterocycles. The van der Waals surface area contributed by atoms with Crippen LogP contribution in [0.1, 0.15) is 38.4 Å². The standard InChI is InChI=1S/C14H25N5O4S/c1-4-18(5-2)24(21,22)19-6-7-23-13(10-19)14-16-9-12(17-14)8-15-11(3)20/h9,13H,4-8,10H2,1-3H3,(H,15,20)(H,16,17)/t13-/m0/s1. The predicted molar refractivity (Wildman–Crippen MR) is 88.2 cm³/mol. The van der Waals surface area contributed by atoms with Crippen LogP contribution in [0.15, 0.2) is 6.20 Å². The van der Waals surface area contributed by atoms with Crippen molar-refractivity contribution in [1.29, 1.82) is 0 Å². The quantitative estimate of drug-likeness (QED) is 0.713. The zero-order chi connectivity index (χ0) is 17.7. The number of nitrogens with zero attached hydrogens (tertiary/aromatic N) is 3. The van der Waals surface area contributed by atoms with E-state index in [2.05, 4.69) is 15.3 Å². The number of ether oxygens (including phenoxy) is 1. The van der Waals surface area contributed by atoms with E-state index in [0.29, 0.717) is 38.6 Å². The Labute approximate surface area is 142 Å². The second kappa shape index (κ2) is 8.06. The van der Waals surface area contributed by atoms with Gasteiger partial charge in [0.25, 0.3) is 10.2 Å². The summed E-state index contributed by atoms with van der Waals surface area (Å²) in [6.07, 6.45) is 1.17. The van der Waals surface area contributed by atoms with Crippen molar-refractivity contribution in [2.24, 2.45) is 0 Å². The number of H-pyrrole nitrogens is 1. The van der Waals surface area contributed by atoms with Gasteiger partial charge in [-0.3, -0.25) is 4.79 Å². The van der Waals surface area contributed by atoms with Gasteiger partial charge >= 0.3 is 0 Å². The summed E-state index contributed by atoms with van der Waals surface area (Å²) in [6, 6.07) is 0. The van der Waals surface area contributed by atoms with E-state index in [1.165, 1.54) is 15.5 Å². The molecule has 1 fully saturated rings. The second-order valence-corrected chi connectivity index (χ2v) is 7.44. The highest BCUT2D eigenvalue weighted by Gasteiger charge is 2.34. The average molecular weight is 359 g/mol. The molecule has 136 valence electrons. The van der Waals surface area contributed by atoms with Gasteiger partial charge in [0.15, 0.2) is 0 Å². The van der Waals surface area contributed by atoms with E-state index in [1.807, 2.05) is 13.8 Å². The Kier molecular flexibility index (Phi) is 6.33. The fourth-order valence-electron chi connectivity index (χ4n) is 2.56. The van der Waals surface area contributed by atoms with Gasteiger partial charge in [0.2, 0.25) is 5.91 Å². The predicted octanol–water partition coefficient (Wildman–Crippen LogP) is 0.00570. The SMILES string of the molecule is CCN(CC)S(=O)(=O)N1CCO[C@H](c2ncc(CNC(C)=O)[nH]2)C1. The first-order valence-electron chi connectivity index (χ1n) is 8.03. The maximum Gasteiger partial charge on any atom is 0.282 e. The zero-order valence-electron chi connectivity index (χ0n) is 14.3. The first-order valence-corrected chi connectivity index (χ1v) is 9.43. The Bertz CT molecular complexity index is 656. The molecule has 1 saturated heterocycles. The van der Waals surface area contributed by atoms with Gasteiger partial charge in [-0.2, -0.15) is 17.0 Å². The summed E-state index contributed by atoms with van der Waals surface area (Å²) in [5.74, 6) is 0.436. The Hall–Kier alpha value is -1.49. The van der Waals surface area contributed by atoms with Gasteiger partial charge in [0, 0.05) is 33.1 Å². The molecular weight excluding hydrogens is 334 g/mol. The van der Waals surface area contributed by atoms with Crippen LogP contribution in [-0.4, -0.2) is 65.7 Å². The van der Waals surface area contributed by atoms with Crippen LogP contribution in [0, 0.1) is 0 Å². The van der Waals surface area contributed by atoms with Crippen LogP contribution in [0.3, 0.4) is 0 Å². The number of morpholine rings is 1. The van der Waals surface area contributed by atoms with Crippen molar-refractivity contribution in [2.45, 2.75) is 33.4 Å². The maximum atomic E-state index is 12.6. The molecule has 1 amide bonds. The van der Waals surface area contributed by atoms with Crippen LogP contribution >= 0.6 is 0 Å². The number of nitrogens with one attached hydrogen (secondary N) is 2. The lowest BCUT2D eigenvalue weighted by Gasteiger charge is -2.34. The molecule has 1 aromatic rings. The Balaban J connectivity index is 2.06. The molecule has 0 bridgehead atoms. The van der Waals surface area contributed by atoms with Gasteiger partial charge in [-0.15, -0.1) is 0 Å². The summed E-state index contributed by atoms with van der Waals surface area (Å²) in [4.78, 5) is 18.3. The lowest BCUT2D eigenvalue weighted by atomic mass is 10.3. The number of carbonyl (C=O) groups excluding carboxylic acids is 1. The van der Waals surface area contributed by atoms with Gasteiger partial charge in [-0.1, -0.05) is 13.8 Å². The molecule has 2 rings (SSSR count). The largest absolute Gasteiger partial charge is 0.368 e. The lowest BCUT2D eigenvalue weighted by Crippen LogP contribution is -2.49. The number of aromatic nitrogens is 2. The summed E-state index contributed by atoms with van der Waals surface area (Å²) < 4.78 is 33.8. The number of imidazole rings is 1. The van der Waals surface area contributed by atoms with Gasteiger partial charge in [-0.05, 0) is 0 Å². The number of rotatable bonds is 7. The normalized spacial score (nSPS) is 19.6. The van der Waals surface area contributed by atoms with Crippen LogP contribution in [0.4, 0.5) is 0 Å². The van der Waals surface area contributed by atoms with Crippen molar-refractivity contribution >= 4 is 16.1 Å². The van der Waals surface area contributed by atoms with E-state index in [4.69, 9.17) is 4.74 Å². The Morgan fingerprint density at radius 1 is 1.50 bits per heavy atom. The van der Waals surface area contributed by atoms with Crippen molar-refractivity contribution in [1.82, 2.24) is 23.9 Å². The zero-order valence-corrected chi connectivity index (χ0v) is 15.1. The smallest absolute Gasteiger partial charge is 0.282 e. The molecule has 0 aliphatic carbocycles. The van der Waals surface area contributed by atoms with Crippen LogP contribution in [0.25, 0.3) is 0 Å². The average Bonchev–Trinajstić information content (AvgIpc) is 3.03. The monoisotopic (exact) mass is 359 g/mol. The highest BCUT2D eigenvalue weighted by Crippen LogP contribution is 2.23. The third-order valence-electron chi connectivity index (χ3n) is 3.87. The fraction of sp³-hybridized carbons (Fsp3) is 0.714. The van der Waals surface area contributed by atoms with Crippen LogP contribution in [0.2, 0.25) is 0 Å². The lowest BCUT2D eigenvalue weighted by molar-refractivity contribution is -0.119. The van der Waals surface area contributed by atoms with Crippen LogP contribution < -0.4 is 5.32 Å². The van der Waals surface area contributed by atoms with Gasteiger partial charge in [-0.25, -0.2) is 4.98 Å². The van der Waals surface area contributed by atoms with E-state index in [9.17, 15) is 13.2 Å². The number of carbonyl (C=O) groups is 1. The molecule has 0 aromatic carbocycles. The minimum absolute atomic E-state index is 0.128. The molecule has 0 unspecified atom stereocenters. The van der Waals surface area contributed by atoms with Crippen LogP contribution in [0.5, 0.6) is 0 Å². The van der Waals surface area contributed by atoms with Crippen molar-refractivity contribution in [2.75, 3.05) is 32.8 Å². The molecule has 2 N–H and O–H groups in total. The molecule has 10 heteroatoms. The third-order valence-corrected chi connectivity index (χ3v) is 6.02. The number of aromatic amines is 1. The number of hydrogen-bond acceptors (Lipinski definition) is 5. The first kappa shape index (κ1) is 18.8. The van der Waals surface area contributed by atoms with E-state index in [0.717, 1.165) is 5.69 Å². The minimum atomic E-state index is -3.49. The molecule has 0 spiro atoms. The van der Waals surface area contributed by atoms with Crippen molar-refractivity contribution in [3.63, 3.8) is 0 Å². The van der Waals surface area contributed by atoms with Crippen LogP contribution in [-0.2, 0) is 26.3 Å². The molecule has 0 radical (unpaired) electrons. The molecular formula is C14H25N5O4S. The summed E-state index contributed by atoms with van der Waals surface area (Å²) in [5.41, 5.74) is 0.743.